The molecule has 1 heterocycles. The van der Waals surface area contributed by atoms with Crippen molar-refractivity contribution < 1.29 is 9.47 Å². The van der Waals surface area contributed by atoms with Gasteiger partial charge in [0.05, 0.1) is 7.11 Å². The van der Waals surface area contributed by atoms with E-state index in [1.807, 2.05) is 45.3 Å². The number of ether oxygens (including phenoxy) is 2. The van der Waals surface area contributed by atoms with Crippen molar-refractivity contribution in [3.05, 3.63) is 29.8 Å². The molecule has 19 heavy (non-hydrogen) atoms. The number of hydrogen-bond donors (Lipinski definition) is 0. The molecule has 1 aromatic heterocycles. The van der Waals surface area contributed by atoms with Crippen LogP contribution >= 0.6 is 0 Å². The number of hydrogen-bond acceptors (Lipinski definition) is 6. The zero-order valence-electron chi connectivity index (χ0n) is 11.4. The maximum Gasteiger partial charge on any atom is 0.330 e. The van der Waals surface area contributed by atoms with E-state index in [4.69, 9.17) is 9.47 Å². The monoisotopic (exact) mass is 260 g/mol. The fourth-order valence-corrected chi connectivity index (χ4v) is 1.38. The number of aryl methyl sites for hydroxylation is 1. The first-order valence-corrected chi connectivity index (χ1v) is 5.80. The summed E-state index contributed by atoms with van der Waals surface area (Å²) in [4.78, 5) is 14.1. The molecule has 0 aliphatic rings. The van der Waals surface area contributed by atoms with Gasteiger partial charge in [-0.3, -0.25) is 0 Å². The molecule has 0 radical (unpaired) electrons. The Morgan fingerprint density at radius 3 is 2.16 bits per heavy atom. The number of benzene rings is 1. The number of methoxy groups -OCH3 is 1. The molecule has 0 aliphatic carbocycles. The van der Waals surface area contributed by atoms with E-state index in [9.17, 15) is 0 Å². The Bertz CT molecular complexity index is 555. The summed E-state index contributed by atoms with van der Waals surface area (Å²) in [6.45, 7) is 2.01. The lowest BCUT2D eigenvalue weighted by Crippen LogP contribution is -2.14. The highest BCUT2D eigenvalue weighted by Gasteiger charge is 2.10. The van der Waals surface area contributed by atoms with Crippen molar-refractivity contribution in [1.82, 2.24) is 15.0 Å². The smallest absolute Gasteiger partial charge is 0.330 e. The Morgan fingerprint density at radius 2 is 1.58 bits per heavy atom. The number of rotatable bonds is 4. The van der Waals surface area contributed by atoms with Crippen LogP contribution in [0.2, 0.25) is 0 Å². The molecular formula is C13H16N4O2. The van der Waals surface area contributed by atoms with Crippen LogP contribution in [-0.2, 0) is 0 Å². The summed E-state index contributed by atoms with van der Waals surface area (Å²) in [6.07, 6.45) is 0. The van der Waals surface area contributed by atoms with E-state index in [0.29, 0.717) is 11.7 Å². The standard InChI is InChI=1S/C13H16N4O2/c1-9-5-7-10(8-6-9)19-13-15-11(17(2)3)14-12(16-13)18-4/h5-8H,1-4H3. The lowest BCUT2D eigenvalue weighted by molar-refractivity contribution is 0.359. The van der Waals surface area contributed by atoms with Crippen molar-refractivity contribution >= 4 is 5.95 Å². The van der Waals surface area contributed by atoms with Gasteiger partial charge >= 0.3 is 12.0 Å². The predicted octanol–water partition coefficient (Wildman–Crippen LogP) is 2.05. The van der Waals surface area contributed by atoms with Crippen LogP contribution in [0.15, 0.2) is 24.3 Å². The molecule has 2 aromatic rings. The van der Waals surface area contributed by atoms with E-state index in [-0.39, 0.29) is 12.0 Å². The molecule has 0 amide bonds. The zero-order chi connectivity index (χ0) is 13.8. The van der Waals surface area contributed by atoms with Gasteiger partial charge in [0, 0.05) is 14.1 Å². The third kappa shape index (κ3) is 3.31. The Labute approximate surface area is 112 Å². The van der Waals surface area contributed by atoms with Crippen LogP contribution in [0.3, 0.4) is 0 Å². The molecule has 0 N–H and O–H groups in total. The average molecular weight is 260 g/mol. The fraction of sp³-hybridized carbons (Fsp3) is 0.308. The van der Waals surface area contributed by atoms with Crippen molar-refractivity contribution in [3.63, 3.8) is 0 Å². The van der Waals surface area contributed by atoms with Gasteiger partial charge in [0.15, 0.2) is 0 Å². The quantitative estimate of drug-likeness (QED) is 0.838. The molecule has 0 saturated carbocycles. The molecule has 0 saturated heterocycles. The molecule has 0 spiro atoms. The van der Waals surface area contributed by atoms with Gasteiger partial charge in [0.1, 0.15) is 5.75 Å². The first kappa shape index (κ1) is 13.1. The van der Waals surface area contributed by atoms with Gasteiger partial charge in [-0.25, -0.2) is 0 Å². The summed E-state index contributed by atoms with van der Waals surface area (Å²) in [5.41, 5.74) is 1.16. The summed E-state index contributed by atoms with van der Waals surface area (Å²) < 4.78 is 10.6. The molecule has 0 atom stereocenters. The summed E-state index contributed by atoms with van der Waals surface area (Å²) in [5, 5.41) is 0. The van der Waals surface area contributed by atoms with Crippen LogP contribution in [0.4, 0.5) is 5.95 Å². The molecule has 100 valence electrons. The van der Waals surface area contributed by atoms with Crippen LogP contribution in [0.1, 0.15) is 5.56 Å². The summed E-state index contributed by atoms with van der Waals surface area (Å²) >= 11 is 0. The molecule has 0 aliphatic heterocycles. The van der Waals surface area contributed by atoms with Crippen molar-refractivity contribution in [2.45, 2.75) is 6.92 Å². The largest absolute Gasteiger partial charge is 0.467 e. The van der Waals surface area contributed by atoms with Gasteiger partial charge < -0.3 is 14.4 Å². The highest BCUT2D eigenvalue weighted by atomic mass is 16.5. The van der Waals surface area contributed by atoms with Crippen LogP contribution in [0.25, 0.3) is 0 Å². The van der Waals surface area contributed by atoms with Gasteiger partial charge in [-0.2, -0.15) is 9.97 Å². The Morgan fingerprint density at radius 1 is 0.947 bits per heavy atom. The van der Waals surface area contributed by atoms with E-state index in [1.165, 1.54) is 7.11 Å². The van der Waals surface area contributed by atoms with Crippen molar-refractivity contribution in [2.75, 3.05) is 26.1 Å². The second-order valence-corrected chi connectivity index (χ2v) is 4.21. The molecule has 1 aromatic carbocycles. The maximum absolute atomic E-state index is 5.60. The van der Waals surface area contributed by atoms with Crippen LogP contribution in [0, 0.1) is 6.92 Å². The fourth-order valence-electron chi connectivity index (χ4n) is 1.38. The van der Waals surface area contributed by atoms with Crippen LogP contribution in [0.5, 0.6) is 17.8 Å². The van der Waals surface area contributed by atoms with Crippen molar-refractivity contribution in [3.8, 4) is 17.8 Å². The van der Waals surface area contributed by atoms with E-state index < -0.39 is 0 Å². The highest BCUT2D eigenvalue weighted by Crippen LogP contribution is 2.21. The number of nitrogens with zero attached hydrogens (tertiary/aromatic N) is 4. The van der Waals surface area contributed by atoms with E-state index in [0.717, 1.165) is 5.56 Å². The molecule has 2 rings (SSSR count). The van der Waals surface area contributed by atoms with E-state index >= 15 is 0 Å². The van der Waals surface area contributed by atoms with Crippen LogP contribution in [-0.4, -0.2) is 36.2 Å². The molecule has 0 unspecified atom stereocenters. The number of anilines is 1. The van der Waals surface area contributed by atoms with Gasteiger partial charge in [-0.15, -0.1) is 4.98 Å². The predicted molar refractivity (Wildman–Crippen MR) is 72.0 cm³/mol. The lowest BCUT2D eigenvalue weighted by atomic mass is 10.2. The maximum atomic E-state index is 5.60. The second kappa shape index (κ2) is 5.51. The summed E-state index contributed by atoms with van der Waals surface area (Å²) in [7, 11) is 5.18. The summed E-state index contributed by atoms with van der Waals surface area (Å²) in [5.74, 6) is 1.15. The van der Waals surface area contributed by atoms with Crippen molar-refractivity contribution in [1.29, 1.82) is 0 Å². The van der Waals surface area contributed by atoms with Gasteiger partial charge in [0.25, 0.3) is 0 Å². The second-order valence-electron chi connectivity index (χ2n) is 4.21. The third-order valence-corrected chi connectivity index (χ3v) is 2.40. The lowest BCUT2D eigenvalue weighted by Gasteiger charge is -2.12. The first-order valence-electron chi connectivity index (χ1n) is 5.80. The van der Waals surface area contributed by atoms with Crippen molar-refractivity contribution in [2.24, 2.45) is 0 Å². The minimum Gasteiger partial charge on any atom is -0.467 e. The van der Waals surface area contributed by atoms with E-state index in [2.05, 4.69) is 15.0 Å². The Hall–Kier alpha value is -2.37. The minimum absolute atomic E-state index is 0.208. The summed E-state index contributed by atoms with van der Waals surface area (Å²) in [6, 6.07) is 8.07. The number of aromatic nitrogens is 3. The molecule has 0 bridgehead atoms. The molecule has 0 fully saturated rings. The third-order valence-electron chi connectivity index (χ3n) is 2.40. The molecule has 6 heteroatoms. The topological polar surface area (TPSA) is 60.4 Å². The Balaban J connectivity index is 2.28. The van der Waals surface area contributed by atoms with Gasteiger partial charge in [0.2, 0.25) is 5.95 Å². The minimum atomic E-state index is 0.208. The first-order chi connectivity index (χ1) is 9.08. The van der Waals surface area contributed by atoms with Gasteiger partial charge in [-0.1, -0.05) is 17.7 Å². The van der Waals surface area contributed by atoms with E-state index in [1.54, 1.807) is 4.90 Å². The van der Waals surface area contributed by atoms with Crippen LogP contribution < -0.4 is 14.4 Å². The highest BCUT2D eigenvalue weighted by molar-refractivity contribution is 5.32. The SMILES string of the molecule is COc1nc(Oc2ccc(C)cc2)nc(N(C)C)n1. The molecular weight excluding hydrogens is 244 g/mol. The molecule has 6 nitrogen and oxygen atoms in total. The normalized spacial score (nSPS) is 10.1. The Kier molecular flexibility index (Phi) is 3.79. The van der Waals surface area contributed by atoms with Gasteiger partial charge in [-0.05, 0) is 19.1 Å². The average Bonchev–Trinajstić information content (AvgIpc) is 2.41. The zero-order valence-corrected chi connectivity index (χ0v) is 11.4.